The van der Waals surface area contributed by atoms with E-state index in [1.54, 1.807) is 10.8 Å². The maximum atomic E-state index is 9.43. The largest absolute Gasteiger partial charge is 0.396 e. The summed E-state index contributed by atoms with van der Waals surface area (Å²) in [6.07, 6.45) is 4.60. The molecule has 5 N–H and O–H groups in total. The highest BCUT2D eigenvalue weighted by molar-refractivity contribution is 5.82. The molecule has 1 unspecified atom stereocenters. The van der Waals surface area contributed by atoms with Crippen LogP contribution in [-0.2, 0) is 0 Å². The fourth-order valence-electron chi connectivity index (χ4n) is 2.58. The van der Waals surface area contributed by atoms with E-state index in [1.165, 1.54) is 12.7 Å². The Balaban J connectivity index is 2.06. The molecule has 0 amide bonds. The second kappa shape index (κ2) is 4.51. The van der Waals surface area contributed by atoms with Crippen molar-refractivity contribution in [2.75, 3.05) is 25.6 Å². The Hall–Kier alpha value is -2.03. The predicted octanol–water partition coefficient (Wildman–Crippen LogP) is -1.16. The average molecular weight is 277 g/mol. The molecule has 1 aliphatic carbocycles. The number of nitrogen functional groups attached to an aromatic ring is 1. The van der Waals surface area contributed by atoms with Crippen LogP contribution in [0.2, 0.25) is 0 Å². The van der Waals surface area contributed by atoms with Crippen LogP contribution < -0.4 is 5.73 Å². The minimum absolute atomic E-state index is 0.128. The average Bonchev–Trinajstić information content (AvgIpc) is 2.89. The van der Waals surface area contributed by atoms with E-state index >= 15 is 0 Å². The Morgan fingerprint density at radius 2 is 2.00 bits per heavy atom. The van der Waals surface area contributed by atoms with Gasteiger partial charge >= 0.3 is 0 Å². The molecule has 8 nitrogen and oxygen atoms in total. The van der Waals surface area contributed by atoms with Crippen molar-refractivity contribution in [2.45, 2.75) is 0 Å². The van der Waals surface area contributed by atoms with Gasteiger partial charge in [-0.2, -0.15) is 0 Å². The van der Waals surface area contributed by atoms with Gasteiger partial charge in [0.25, 0.3) is 0 Å². The fraction of sp³-hybridized carbons (Fsp3) is 0.417. The summed E-state index contributed by atoms with van der Waals surface area (Å²) in [7, 11) is 0. The summed E-state index contributed by atoms with van der Waals surface area (Å²) < 4.78 is 1.65. The molecular weight excluding hydrogens is 262 g/mol. The minimum atomic E-state index is -0.760. The van der Waals surface area contributed by atoms with E-state index in [-0.39, 0.29) is 31.6 Å². The van der Waals surface area contributed by atoms with Gasteiger partial charge in [0.2, 0.25) is 0 Å². The van der Waals surface area contributed by atoms with Gasteiger partial charge in [-0.15, -0.1) is 0 Å². The van der Waals surface area contributed by atoms with Gasteiger partial charge in [-0.25, -0.2) is 15.0 Å². The van der Waals surface area contributed by atoms with Crippen LogP contribution >= 0.6 is 0 Å². The lowest BCUT2D eigenvalue weighted by atomic mass is 10.1. The van der Waals surface area contributed by atoms with Crippen molar-refractivity contribution in [1.29, 1.82) is 0 Å². The lowest BCUT2D eigenvalue weighted by molar-refractivity contribution is 0.112. The summed E-state index contributed by atoms with van der Waals surface area (Å²) in [4.78, 5) is 12.1. The summed E-state index contributed by atoms with van der Waals surface area (Å²) in [5, 5.41) is 28.2. The van der Waals surface area contributed by atoms with Gasteiger partial charge in [-0.05, 0) is 5.57 Å². The maximum Gasteiger partial charge on any atom is 0.169 e. The zero-order chi connectivity index (χ0) is 14.3. The summed E-state index contributed by atoms with van der Waals surface area (Å²) in [5.41, 5.74) is 6.74. The van der Waals surface area contributed by atoms with Crippen molar-refractivity contribution in [1.82, 2.24) is 19.5 Å². The normalized spacial score (nSPS) is 22.6. The number of nitrogens with two attached hydrogens (primary N) is 1. The second-order valence-corrected chi connectivity index (χ2v) is 4.87. The van der Waals surface area contributed by atoms with E-state index in [9.17, 15) is 15.3 Å². The molecule has 2 heterocycles. The lowest BCUT2D eigenvalue weighted by Gasteiger charge is -2.07. The van der Waals surface area contributed by atoms with Gasteiger partial charge in [0, 0.05) is 17.5 Å². The van der Waals surface area contributed by atoms with Crippen molar-refractivity contribution in [3.63, 3.8) is 0 Å². The van der Waals surface area contributed by atoms with Crippen LogP contribution in [0.25, 0.3) is 17.4 Å². The molecule has 1 atom stereocenters. The summed E-state index contributed by atoms with van der Waals surface area (Å²) in [5.74, 6) is 0.0337. The molecule has 0 aliphatic heterocycles. The Morgan fingerprint density at radius 3 is 2.60 bits per heavy atom. The van der Waals surface area contributed by atoms with E-state index in [0.29, 0.717) is 11.2 Å². The van der Waals surface area contributed by atoms with E-state index in [2.05, 4.69) is 15.0 Å². The first-order chi connectivity index (χ1) is 9.67. The van der Waals surface area contributed by atoms with Crippen molar-refractivity contribution in [2.24, 2.45) is 11.3 Å². The molecule has 2 aromatic rings. The third kappa shape index (κ3) is 1.62. The molecule has 0 bridgehead atoms. The minimum Gasteiger partial charge on any atom is -0.396 e. The van der Waals surface area contributed by atoms with Crippen LogP contribution in [0.4, 0.5) is 5.82 Å². The Morgan fingerprint density at radius 1 is 1.25 bits per heavy atom. The maximum absolute atomic E-state index is 9.43. The molecule has 1 saturated carbocycles. The number of hydrogen-bond acceptors (Lipinski definition) is 7. The third-order valence-corrected chi connectivity index (χ3v) is 3.95. The smallest absolute Gasteiger partial charge is 0.169 e. The van der Waals surface area contributed by atoms with E-state index in [1.807, 2.05) is 0 Å². The van der Waals surface area contributed by atoms with E-state index < -0.39 is 5.41 Å². The van der Waals surface area contributed by atoms with Gasteiger partial charge in [0.1, 0.15) is 12.7 Å². The summed E-state index contributed by atoms with van der Waals surface area (Å²) >= 11 is 0. The highest BCUT2D eigenvalue weighted by atomic mass is 16.3. The Labute approximate surface area is 114 Å². The molecule has 0 aromatic carbocycles. The van der Waals surface area contributed by atoms with Crippen molar-refractivity contribution in [3.05, 3.63) is 18.2 Å². The zero-order valence-corrected chi connectivity index (χ0v) is 10.6. The zero-order valence-electron chi connectivity index (χ0n) is 10.6. The molecule has 106 valence electrons. The highest BCUT2D eigenvalue weighted by Gasteiger charge is 2.58. The number of hydrogen-bond donors (Lipinski definition) is 4. The topological polar surface area (TPSA) is 130 Å². The molecule has 20 heavy (non-hydrogen) atoms. The molecule has 2 aromatic heterocycles. The first kappa shape index (κ1) is 13.0. The van der Waals surface area contributed by atoms with E-state index in [0.717, 1.165) is 5.57 Å². The van der Waals surface area contributed by atoms with Crippen molar-refractivity contribution < 1.29 is 15.3 Å². The van der Waals surface area contributed by atoms with Gasteiger partial charge in [0.15, 0.2) is 17.0 Å². The van der Waals surface area contributed by atoms with Crippen LogP contribution in [0.5, 0.6) is 0 Å². The van der Waals surface area contributed by atoms with Gasteiger partial charge in [-0.1, -0.05) is 0 Å². The molecule has 1 fully saturated rings. The number of aliphatic hydroxyl groups excluding tert-OH is 3. The van der Waals surface area contributed by atoms with E-state index in [4.69, 9.17) is 5.73 Å². The molecular formula is C12H15N5O3. The third-order valence-electron chi connectivity index (χ3n) is 3.95. The number of anilines is 1. The number of fused-ring (bicyclic) bond motifs is 1. The monoisotopic (exact) mass is 277 g/mol. The predicted molar refractivity (Wildman–Crippen MR) is 71.2 cm³/mol. The number of nitrogens with zero attached hydrogens (tertiary/aromatic N) is 4. The lowest BCUT2D eigenvalue weighted by Crippen LogP contribution is -2.16. The number of imidazole rings is 1. The highest BCUT2D eigenvalue weighted by Crippen LogP contribution is 2.57. The van der Waals surface area contributed by atoms with Gasteiger partial charge < -0.3 is 21.1 Å². The SMILES string of the molecule is Nc1ncnc2c1ncn2/C=C1\C(CO)C1(CO)CO. The van der Waals surface area contributed by atoms with Crippen LogP contribution in [0.3, 0.4) is 0 Å². The van der Waals surface area contributed by atoms with Crippen molar-refractivity contribution in [3.8, 4) is 0 Å². The molecule has 0 saturated heterocycles. The summed E-state index contributed by atoms with van der Waals surface area (Å²) in [6, 6.07) is 0. The number of rotatable bonds is 4. The van der Waals surface area contributed by atoms with Gasteiger partial charge in [-0.3, -0.25) is 4.57 Å². The number of aliphatic hydroxyl groups is 3. The molecule has 8 heteroatoms. The fourth-order valence-corrected chi connectivity index (χ4v) is 2.58. The molecule has 0 spiro atoms. The summed E-state index contributed by atoms with van der Waals surface area (Å²) in [6.45, 7) is -0.564. The first-order valence-electron chi connectivity index (χ1n) is 6.15. The Bertz CT molecular complexity index is 677. The molecule has 0 radical (unpaired) electrons. The van der Waals surface area contributed by atoms with Crippen LogP contribution in [0.15, 0.2) is 18.2 Å². The van der Waals surface area contributed by atoms with Gasteiger partial charge in [0.05, 0.1) is 19.8 Å². The van der Waals surface area contributed by atoms with Crippen molar-refractivity contribution >= 4 is 23.2 Å². The molecule has 1 aliphatic rings. The van der Waals surface area contributed by atoms with Crippen LogP contribution in [0, 0.1) is 11.3 Å². The molecule has 3 rings (SSSR count). The number of aromatic nitrogens is 4. The Kier molecular flexibility index (Phi) is 2.93. The first-order valence-corrected chi connectivity index (χ1v) is 6.15. The van der Waals surface area contributed by atoms with Crippen LogP contribution in [-0.4, -0.2) is 54.7 Å². The standard InChI is InChI=1S/C12H15N5O3/c13-10-9-11(15-5-14-10)17(6-16-9)1-7-8(2-18)12(7,3-19)4-20/h1,5-6,8,18-20H,2-4H2,(H2,13,14,15)/b7-1+. The second-order valence-electron chi connectivity index (χ2n) is 4.87. The van der Waals surface area contributed by atoms with Crippen LogP contribution in [0.1, 0.15) is 0 Å². The quantitative estimate of drug-likeness (QED) is 0.554.